The van der Waals surface area contributed by atoms with E-state index in [-0.39, 0.29) is 0 Å². The predicted octanol–water partition coefficient (Wildman–Crippen LogP) is 7.15. The summed E-state index contributed by atoms with van der Waals surface area (Å²) in [6.45, 7) is 12.2. The molecule has 1 saturated heterocycles. The van der Waals surface area contributed by atoms with E-state index in [0.717, 1.165) is 33.4 Å². The van der Waals surface area contributed by atoms with Crippen molar-refractivity contribution in [2.45, 2.75) is 52.7 Å². The predicted molar refractivity (Wildman–Crippen MR) is 160 cm³/mol. The number of allylic oxidation sites excluding steroid dienone is 4. The zero-order chi connectivity index (χ0) is 27.6. The standard InChI is InChI=1S/C33H34BN3O2/c1-7-14-23(8-2)25-17-12-19-27(21-25)29-35-30(28-20-13-18-26(22-28)24-15-10-9-11-16-24)37-31(36-29)34-38-32(3,4)33(5,6)39-34/h7-22H,1-6H3/b14-7-,23-8+. The third-order valence-corrected chi connectivity index (χ3v) is 7.46. The van der Waals surface area contributed by atoms with Gasteiger partial charge >= 0.3 is 7.12 Å². The Morgan fingerprint density at radius 1 is 0.667 bits per heavy atom. The second-order valence-corrected chi connectivity index (χ2v) is 10.7. The largest absolute Gasteiger partial charge is 0.534 e. The van der Waals surface area contributed by atoms with Crippen LogP contribution in [0.4, 0.5) is 0 Å². The quantitative estimate of drug-likeness (QED) is 0.202. The molecule has 0 atom stereocenters. The Morgan fingerprint density at radius 3 is 1.85 bits per heavy atom. The van der Waals surface area contributed by atoms with Crippen molar-refractivity contribution in [3.63, 3.8) is 0 Å². The van der Waals surface area contributed by atoms with Gasteiger partial charge < -0.3 is 9.31 Å². The zero-order valence-electron chi connectivity index (χ0n) is 23.5. The van der Waals surface area contributed by atoms with E-state index in [4.69, 9.17) is 24.3 Å². The molecule has 6 heteroatoms. The van der Waals surface area contributed by atoms with Gasteiger partial charge in [-0.3, -0.25) is 0 Å². The highest BCUT2D eigenvalue weighted by Gasteiger charge is 2.53. The Kier molecular flexibility index (Phi) is 7.35. The molecule has 39 heavy (non-hydrogen) atoms. The van der Waals surface area contributed by atoms with Crippen LogP contribution in [0.5, 0.6) is 0 Å². The van der Waals surface area contributed by atoms with Gasteiger partial charge in [-0.05, 0) is 75.9 Å². The molecule has 2 heterocycles. The molecule has 4 aromatic rings. The first-order chi connectivity index (χ1) is 18.7. The molecule has 0 unspecified atom stereocenters. The molecule has 1 aromatic heterocycles. The molecule has 3 aromatic carbocycles. The molecule has 0 aliphatic carbocycles. The van der Waals surface area contributed by atoms with Gasteiger partial charge in [-0.25, -0.2) is 15.0 Å². The van der Waals surface area contributed by atoms with Gasteiger partial charge in [0, 0.05) is 11.1 Å². The Balaban J connectivity index is 1.64. The fourth-order valence-electron chi connectivity index (χ4n) is 4.55. The van der Waals surface area contributed by atoms with E-state index in [1.165, 1.54) is 0 Å². The van der Waals surface area contributed by atoms with Gasteiger partial charge in [-0.15, -0.1) is 0 Å². The normalized spacial score (nSPS) is 16.7. The van der Waals surface area contributed by atoms with Gasteiger partial charge in [0.2, 0.25) is 0 Å². The fourth-order valence-corrected chi connectivity index (χ4v) is 4.55. The first-order valence-electron chi connectivity index (χ1n) is 13.4. The summed E-state index contributed by atoms with van der Waals surface area (Å²) in [4.78, 5) is 14.7. The van der Waals surface area contributed by atoms with Crippen molar-refractivity contribution in [1.29, 1.82) is 0 Å². The molecule has 0 amide bonds. The van der Waals surface area contributed by atoms with Crippen molar-refractivity contribution < 1.29 is 9.31 Å². The summed E-state index contributed by atoms with van der Waals surface area (Å²) in [7, 11) is -0.704. The highest BCUT2D eigenvalue weighted by molar-refractivity contribution is 6.60. The number of nitrogens with zero attached hydrogens (tertiary/aromatic N) is 3. The molecule has 5 nitrogen and oxygen atoms in total. The Morgan fingerprint density at radius 2 is 1.23 bits per heavy atom. The topological polar surface area (TPSA) is 57.1 Å². The summed E-state index contributed by atoms with van der Waals surface area (Å²) in [5.41, 5.74) is 5.70. The van der Waals surface area contributed by atoms with Crippen LogP contribution < -0.4 is 5.72 Å². The Labute approximate surface area is 231 Å². The van der Waals surface area contributed by atoms with Gasteiger partial charge in [0.1, 0.15) is 0 Å². The minimum Gasteiger partial charge on any atom is -0.397 e. The van der Waals surface area contributed by atoms with Crippen molar-refractivity contribution in [2.24, 2.45) is 0 Å². The van der Waals surface area contributed by atoms with E-state index in [0.29, 0.717) is 17.4 Å². The maximum Gasteiger partial charge on any atom is 0.534 e. The summed E-state index contributed by atoms with van der Waals surface area (Å²) in [5.74, 6) is 1.15. The number of benzene rings is 3. The van der Waals surface area contributed by atoms with Crippen LogP contribution in [0.25, 0.3) is 39.5 Å². The average Bonchev–Trinajstić information content (AvgIpc) is 3.18. The molecule has 0 radical (unpaired) electrons. The van der Waals surface area contributed by atoms with E-state index < -0.39 is 18.3 Å². The summed E-state index contributed by atoms with van der Waals surface area (Å²) >= 11 is 0. The van der Waals surface area contributed by atoms with Crippen LogP contribution in [0.15, 0.2) is 97.1 Å². The highest BCUT2D eigenvalue weighted by atomic mass is 16.7. The number of hydrogen-bond acceptors (Lipinski definition) is 5. The van der Waals surface area contributed by atoms with Crippen LogP contribution in [0.2, 0.25) is 0 Å². The van der Waals surface area contributed by atoms with Crippen LogP contribution in [0.1, 0.15) is 47.1 Å². The lowest BCUT2D eigenvalue weighted by atomic mass is 9.88. The van der Waals surface area contributed by atoms with Crippen LogP contribution in [-0.4, -0.2) is 33.3 Å². The second kappa shape index (κ2) is 10.7. The van der Waals surface area contributed by atoms with Crippen LogP contribution >= 0.6 is 0 Å². The fraction of sp³-hybridized carbons (Fsp3) is 0.242. The van der Waals surface area contributed by atoms with Crippen LogP contribution in [0, 0.1) is 0 Å². The van der Waals surface area contributed by atoms with Gasteiger partial charge in [0.15, 0.2) is 17.4 Å². The van der Waals surface area contributed by atoms with Gasteiger partial charge in [-0.2, -0.15) is 0 Å². The Hall–Kier alpha value is -3.87. The summed E-state index contributed by atoms with van der Waals surface area (Å²) < 4.78 is 12.7. The lowest BCUT2D eigenvalue weighted by Gasteiger charge is -2.32. The molecular formula is C33H34BN3O2. The Bertz CT molecular complexity index is 1530. The van der Waals surface area contributed by atoms with Crippen molar-refractivity contribution in [1.82, 2.24) is 15.0 Å². The third kappa shape index (κ3) is 5.49. The number of rotatable bonds is 6. The zero-order valence-corrected chi connectivity index (χ0v) is 23.5. The molecule has 0 saturated carbocycles. The molecule has 1 fully saturated rings. The van der Waals surface area contributed by atoms with Crippen molar-refractivity contribution >= 4 is 18.4 Å². The number of aromatic nitrogens is 3. The van der Waals surface area contributed by atoms with Crippen LogP contribution in [0.3, 0.4) is 0 Å². The third-order valence-electron chi connectivity index (χ3n) is 7.46. The van der Waals surface area contributed by atoms with E-state index in [9.17, 15) is 0 Å². The van der Waals surface area contributed by atoms with E-state index >= 15 is 0 Å². The minimum absolute atomic E-state index is 0.462. The smallest absolute Gasteiger partial charge is 0.397 e. The van der Waals surface area contributed by atoms with Crippen molar-refractivity contribution in [3.8, 4) is 33.9 Å². The van der Waals surface area contributed by atoms with Gasteiger partial charge in [0.25, 0.3) is 0 Å². The van der Waals surface area contributed by atoms with E-state index in [1.54, 1.807) is 0 Å². The lowest BCUT2D eigenvalue weighted by Crippen LogP contribution is -2.41. The molecule has 5 rings (SSSR count). The average molecular weight is 515 g/mol. The highest BCUT2D eigenvalue weighted by Crippen LogP contribution is 2.36. The first-order valence-corrected chi connectivity index (χ1v) is 13.4. The molecule has 1 aliphatic rings. The molecule has 1 aliphatic heterocycles. The lowest BCUT2D eigenvalue weighted by molar-refractivity contribution is 0.00578. The monoisotopic (exact) mass is 515 g/mol. The maximum absolute atomic E-state index is 6.34. The SMILES string of the molecule is C/C=C\C(=C/C)c1cccc(-c2nc(B3OC(C)(C)C(C)(C)O3)nc(-c3cccc(-c4ccccc4)c3)n2)c1. The molecule has 0 N–H and O–H groups in total. The number of hydrogen-bond donors (Lipinski definition) is 0. The molecule has 196 valence electrons. The maximum atomic E-state index is 6.34. The second-order valence-electron chi connectivity index (χ2n) is 10.7. The van der Waals surface area contributed by atoms with Gasteiger partial charge in [-0.1, -0.05) is 85.0 Å². The molecule has 0 spiro atoms. The molecular weight excluding hydrogens is 481 g/mol. The molecule has 0 bridgehead atoms. The first kappa shape index (κ1) is 26.7. The van der Waals surface area contributed by atoms with Crippen LogP contribution in [-0.2, 0) is 9.31 Å². The van der Waals surface area contributed by atoms with E-state index in [2.05, 4.69) is 48.6 Å². The van der Waals surface area contributed by atoms with Gasteiger partial charge in [0.05, 0.1) is 11.2 Å². The van der Waals surface area contributed by atoms with E-state index in [1.807, 2.05) is 90.1 Å². The summed E-state index contributed by atoms with van der Waals surface area (Å²) in [6.07, 6.45) is 6.24. The summed E-state index contributed by atoms with van der Waals surface area (Å²) in [6, 6.07) is 26.8. The summed E-state index contributed by atoms with van der Waals surface area (Å²) in [5, 5.41) is 0. The minimum atomic E-state index is -0.704. The van der Waals surface area contributed by atoms with Crippen molar-refractivity contribution in [2.75, 3.05) is 0 Å². The van der Waals surface area contributed by atoms with Crippen molar-refractivity contribution in [3.05, 3.63) is 103 Å².